The summed E-state index contributed by atoms with van der Waals surface area (Å²) in [4.78, 5) is 0. The van der Waals surface area contributed by atoms with Gasteiger partial charge in [0, 0.05) is 5.54 Å². The molecular weight excluding hydrogens is 170 g/mol. The Morgan fingerprint density at radius 3 is 2.57 bits per heavy atom. The van der Waals surface area contributed by atoms with E-state index in [9.17, 15) is 0 Å². The molecule has 1 aromatic rings. The fourth-order valence-electron chi connectivity index (χ4n) is 1.74. The van der Waals surface area contributed by atoms with Crippen LogP contribution < -0.4 is 5.32 Å². The molecule has 0 heterocycles. The Bertz CT molecular complexity index is 324. The van der Waals surface area contributed by atoms with Crippen LogP contribution in [0.5, 0.6) is 0 Å². The van der Waals surface area contributed by atoms with Crippen LogP contribution in [0.2, 0.25) is 0 Å². The fraction of sp³-hybridized carbons (Fsp3) is 0.538. The summed E-state index contributed by atoms with van der Waals surface area (Å²) in [7, 11) is 2.02. The van der Waals surface area contributed by atoms with Gasteiger partial charge in [-0.2, -0.15) is 0 Å². The largest absolute Gasteiger partial charge is 0.311 e. The molecule has 0 aliphatic heterocycles. The van der Waals surface area contributed by atoms with E-state index in [-0.39, 0.29) is 5.54 Å². The zero-order valence-corrected chi connectivity index (χ0v) is 9.30. The van der Waals surface area contributed by atoms with Crippen LogP contribution in [0.1, 0.15) is 43.7 Å². The number of benzene rings is 1. The molecule has 1 nitrogen and oxygen atoms in total. The van der Waals surface area contributed by atoms with Crippen LogP contribution in [0.15, 0.2) is 24.3 Å². The van der Waals surface area contributed by atoms with E-state index in [4.69, 9.17) is 0 Å². The predicted molar refractivity (Wildman–Crippen MR) is 60.5 cm³/mol. The summed E-state index contributed by atoms with van der Waals surface area (Å²) in [5, 5.41) is 3.34. The number of nitrogens with one attached hydrogen (secondary N) is 1. The van der Waals surface area contributed by atoms with E-state index in [1.807, 2.05) is 7.05 Å². The molecule has 1 heteroatoms. The zero-order chi connectivity index (χ0) is 10.2. The van der Waals surface area contributed by atoms with Gasteiger partial charge < -0.3 is 5.32 Å². The van der Waals surface area contributed by atoms with Crippen molar-refractivity contribution < 1.29 is 0 Å². The van der Waals surface area contributed by atoms with E-state index in [1.165, 1.54) is 24.0 Å². The maximum atomic E-state index is 3.34. The van der Waals surface area contributed by atoms with Gasteiger partial charge in [-0.1, -0.05) is 24.3 Å². The summed E-state index contributed by atoms with van der Waals surface area (Å²) in [6.45, 7) is 4.44. The number of hydrogen-bond donors (Lipinski definition) is 1. The van der Waals surface area contributed by atoms with Crippen LogP contribution in [-0.4, -0.2) is 7.05 Å². The number of rotatable bonds is 3. The molecule has 0 unspecified atom stereocenters. The summed E-state index contributed by atoms with van der Waals surface area (Å²) in [5.41, 5.74) is 3.00. The molecule has 1 aliphatic carbocycles. The van der Waals surface area contributed by atoms with Gasteiger partial charge in [-0.3, -0.25) is 0 Å². The van der Waals surface area contributed by atoms with Gasteiger partial charge in [0.05, 0.1) is 0 Å². The highest BCUT2D eigenvalue weighted by Crippen LogP contribution is 2.40. The minimum atomic E-state index is 0.0882. The van der Waals surface area contributed by atoms with Crippen molar-refractivity contribution in [1.29, 1.82) is 0 Å². The van der Waals surface area contributed by atoms with Crippen LogP contribution in [0.3, 0.4) is 0 Å². The molecule has 1 aliphatic rings. The molecule has 0 atom stereocenters. The summed E-state index contributed by atoms with van der Waals surface area (Å²) < 4.78 is 0. The first-order valence-electron chi connectivity index (χ1n) is 5.43. The Kier molecular flexibility index (Phi) is 2.36. The minimum Gasteiger partial charge on any atom is -0.311 e. The lowest BCUT2D eigenvalue weighted by atomic mass is 9.92. The van der Waals surface area contributed by atoms with Crippen molar-refractivity contribution in [2.75, 3.05) is 7.05 Å². The first kappa shape index (κ1) is 9.72. The normalized spacial score (nSPS) is 17.1. The van der Waals surface area contributed by atoms with Crippen molar-refractivity contribution in [3.05, 3.63) is 35.4 Å². The third kappa shape index (κ3) is 1.83. The molecule has 0 bridgehead atoms. The molecule has 14 heavy (non-hydrogen) atoms. The van der Waals surface area contributed by atoms with Gasteiger partial charge in [0.1, 0.15) is 0 Å². The molecule has 0 radical (unpaired) electrons. The van der Waals surface area contributed by atoms with Gasteiger partial charge in [0.25, 0.3) is 0 Å². The molecule has 0 aromatic heterocycles. The molecule has 76 valence electrons. The van der Waals surface area contributed by atoms with E-state index in [1.54, 1.807) is 0 Å². The van der Waals surface area contributed by atoms with E-state index in [0.717, 1.165) is 5.92 Å². The standard InChI is InChI=1S/C13H19N/c1-13(2,14-3)12-6-4-5-11(9-12)10-7-8-10/h4-6,9-10,14H,7-8H2,1-3H3. The third-order valence-electron chi connectivity index (χ3n) is 3.28. The lowest BCUT2D eigenvalue weighted by Crippen LogP contribution is -2.33. The van der Waals surface area contributed by atoms with Gasteiger partial charge >= 0.3 is 0 Å². The molecule has 1 saturated carbocycles. The highest BCUT2D eigenvalue weighted by atomic mass is 14.9. The maximum Gasteiger partial charge on any atom is 0.0375 e. The second kappa shape index (κ2) is 3.39. The molecule has 0 spiro atoms. The van der Waals surface area contributed by atoms with Crippen LogP contribution in [0.25, 0.3) is 0 Å². The Morgan fingerprint density at radius 1 is 1.29 bits per heavy atom. The van der Waals surface area contributed by atoms with E-state index < -0.39 is 0 Å². The van der Waals surface area contributed by atoms with Gasteiger partial charge in [-0.15, -0.1) is 0 Å². The SMILES string of the molecule is CNC(C)(C)c1cccc(C2CC2)c1. The van der Waals surface area contributed by atoms with Gasteiger partial charge in [-0.05, 0) is 50.8 Å². The van der Waals surface area contributed by atoms with Crippen LogP contribution >= 0.6 is 0 Å². The molecule has 1 fully saturated rings. The van der Waals surface area contributed by atoms with Crippen LogP contribution in [0.4, 0.5) is 0 Å². The summed E-state index contributed by atoms with van der Waals surface area (Å²) in [6.07, 6.45) is 2.76. The molecular formula is C13H19N. The Labute approximate surface area is 86.5 Å². The van der Waals surface area contributed by atoms with Crippen molar-refractivity contribution in [2.24, 2.45) is 0 Å². The lowest BCUT2D eigenvalue weighted by molar-refractivity contribution is 0.444. The van der Waals surface area contributed by atoms with Crippen molar-refractivity contribution >= 4 is 0 Å². The predicted octanol–water partition coefficient (Wildman–Crippen LogP) is 3.02. The highest BCUT2D eigenvalue weighted by Gasteiger charge is 2.25. The second-order valence-electron chi connectivity index (χ2n) is 4.77. The molecule has 0 saturated heterocycles. The summed E-state index contributed by atoms with van der Waals surface area (Å²) in [6, 6.07) is 9.01. The third-order valence-corrected chi connectivity index (χ3v) is 3.28. The molecule has 1 aromatic carbocycles. The van der Waals surface area contributed by atoms with E-state index >= 15 is 0 Å². The van der Waals surface area contributed by atoms with Crippen LogP contribution in [-0.2, 0) is 5.54 Å². The van der Waals surface area contributed by atoms with Crippen molar-refractivity contribution in [3.8, 4) is 0 Å². The summed E-state index contributed by atoms with van der Waals surface area (Å²) in [5.74, 6) is 0.850. The fourth-order valence-corrected chi connectivity index (χ4v) is 1.74. The average molecular weight is 189 g/mol. The summed E-state index contributed by atoms with van der Waals surface area (Å²) >= 11 is 0. The van der Waals surface area contributed by atoms with Gasteiger partial charge in [0.2, 0.25) is 0 Å². The van der Waals surface area contributed by atoms with E-state index in [2.05, 4.69) is 43.4 Å². The highest BCUT2D eigenvalue weighted by molar-refractivity contribution is 5.32. The molecule has 0 amide bonds. The van der Waals surface area contributed by atoms with Crippen molar-refractivity contribution in [3.63, 3.8) is 0 Å². The van der Waals surface area contributed by atoms with Crippen molar-refractivity contribution in [2.45, 2.75) is 38.1 Å². The monoisotopic (exact) mass is 189 g/mol. The Morgan fingerprint density at radius 2 is 2.00 bits per heavy atom. The first-order valence-corrected chi connectivity index (χ1v) is 5.43. The second-order valence-corrected chi connectivity index (χ2v) is 4.77. The number of hydrogen-bond acceptors (Lipinski definition) is 1. The quantitative estimate of drug-likeness (QED) is 0.770. The molecule has 1 N–H and O–H groups in total. The Balaban J connectivity index is 2.29. The minimum absolute atomic E-state index is 0.0882. The Hall–Kier alpha value is -0.820. The van der Waals surface area contributed by atoms with Crippen molar-refractivity contribution in [1.82, 2.24) is 5.32 Å². The first-order chi connectivity index (χ1) is 6.63. The lowest BCUT2D eigenvalue weighted by Gasteiger charge is -2.25. The smallest absolute Gasteiger partial charge is 0.0375 e. The van der Waals surface area contributed by atoms with Gasteiger partial charge in [0.15, 0.2) is 0 Å². The average Bonchev–Trinajstić information content (AvgIpc) is 3.01. The van der Waals surface area contributed by atoms with Gasteiger partial charge in [-0.25, -0.2) is 0 Å². The zero-order valence-electron chi connectivity index (χ0n) is 9.30. The molecule has 2 rings (SSSR count). The maximum absolute atomic E-state index is 3.34. The topological polar surface area (TPSA) is 12.0 Å². The van der Waals surface area contributed by atoms with Crippen LogP contribution in [0, 0.1) is 0 Å². The van der Waals surface area contributed by atoms with E-state index in [0.29, 0.717) is 0 Å².